The maximum Gasteiger partial charge on any atom is 0.131 e. The number of ether oxygens (including phenoxy) is 2. The predicted molar refractivity (Wildman–Crippen MR) is 81.5 cm³/mol. The topological polar surface area (TPSA) is 30.5 Å². The van der Waals surface area contributed by atoms with Gasteiger partial charge in [-0.2, -0.15) is 0 Å². The summed E-state index contributed by atoms with van der Waals surface area (Å²) in [5, 5.41) is 3.14. The first kappa shape index (κ1) is 14.4. The van der Waals surface area contributed by atoms with Gasteiger partial charge in [-0.1, -0.05) is 25.1 Å². The van der Waals surface area contributed by atoms with E-state index in [0.717, 1.165) is 42.4 Å². The van der Waals surface area contributed by atoms with E-state index in [4.69, 9.17) is 9.47 Å². The summed E-state index contributed by atoms with van der Waals surface area (Å²) in [5.74, 6) is 2.57. The summed E-state index contributed by atoms with van der Waals surface area (Å²) in [5.41, 5.74) is 1.14. The molecule has 0 saturated carbocycles. The van der Waals surface area contributed by atoms with Crippen molar-refractivity contribution in [3.63, 3.8) is 0 Å². The minimum absolute atomic E-state index is 0.741. The standard InChI is InChI=1S/C17H21NO2/c1-3-12-19-15-8-10-16(11-9-15)20-17-7-5-4-6-14(17)13-18-2/h4-11,18H,3,12-13H2,1-2H3. The van der Waals surface area contributed by atoms with E-state index in [1.165, 1.54) is 0 Å². The largest absolute Gasteiger partial charge is 0.494 e. The van der Waals surface area contributed by atoms with Crippen LogP contribution < -0.4 is 14.8 Å². The maximum atomic E-state index is 5.93. The Labute approximate surface area is 120 Å². The second kappa shape index (κ2) is 7.56. The number of rotatable bonds is 7. The molecule has 0 unspecified atom stereocenters. The first-order valence-corrected chi connectivity index (χ1v) is 6.96. The van der Waals surface area contributed by atoms with Crippen LogP contribution in [0.3, 0.4) is 0 Å². The van der Waals surface area contributed by atoms with E-state index in [9.17, 15) is 0 Å². The molecule has 0 amide bonds. The summed E-state index contributed by atoms with van der Waals surface area (Å²) in [6.45, 7) is 3.62. The Morgan fingerprint density at radius 1 is 0.950 bits per heavy atom. The van der Waals surface area contributed by atoms with E-state index in [0.29, 0.717) is 0 Å². The molecule has 0 aliphatic carbocycles. The quantitative estimate of drug-likeness (QED) is 0.826. The van der Waals surface area contributed by atoms with E-state index in [1.807, 2.05) is 49.5 Å². The second-order valence-corrected chi connectivity index (χ2v) is 4.56. The van der Waals surface area contributed by atoms with E-state index < -0.39 is 0 Å². The van der Waals surface area contributed by atoms with Gasteiger partial charge in [-0.25, -0.2) is 0 Å². The fraction of sp³-hybridized carbons (Fsp3) is 0.294. The molecular formula is C17H21NO2. The van der Waals surface area contributed by atoms with Crippen molar-refractivity contribution in [2.24, 2.45) is 0 Å². The predicted octanol–water partition coefficient (Wildman–Crippen LogP) is 3.99. The lowest BCUT2D eigenvalue weighted by molar-refractivity contribution is 0.317. The van der Waals surface area contributed by atoms with Crippen LogP contribution in [0.4, 0.5) is 0 Å². The number of nitrogens with one attached hydrogen (secondary N) is 1. The lowest BCUT2D eigenvalue weighted by Gasteiger charge is -2.11. The Bertz CT molecular complexity index is 523. The molecule has 0 aliphatic rings. The van der Waals surface area contributed by atoms with Gasteiger partial charge in [0, 0.05) is 12.1 Å². The molecule has 20 heavy (non-hydrogen) atoms. The molecule has 106 valence electrons. The van der Waals surface area contributed by atoms with Crippen LogP contribution in [0.2, 0.25) is 0 Å². The lowest BCUT2D eigenvalue weighted by Crippen LogP contribution is -2.06. The van der Waals surface area contributed by atoms with Gasteiger partial charge in [0.1, 0.15) is 17.2 Å². The molecule has 1 N–H and O–H groups in total. The zero-order valence-electron chi connectivity index (χ0n) is 12.1. The Kier molecular flexibility index (Phi) is 5.44. The summed E-state index contributed by atoms with van der Waals surface area (Å²) in [7, 11) is 1.93. The molecule has 2 aromatic rings. The van der Waals surface area contributed by atoms with E-state index in [1.54, 1.807) is 0 Å². The number of hydrogen-bond acceptors (Lipinski definition) is 3. The molecule has 0 bridgehead atoms. The van der Waals surface area contributed by atoms with Crippen LogP contribution in [0, 0.1) is 0 Å². The molecule has 3 heteroatoms. The van der Waals surface area contributed by atoms with Crippen molar-refractivity contribution in [2.75, 3.05) is 13.7 Å². The van der Waals surface area contributed by atoms with Crippen molar-refractivity contribution in [3.05, 3.63) is 54.1 Å². The van der Waals surface area contributed by atoms with Gasteiger partial charge >= 0.3 is 0 Å². The van der Waals surface area contributed by atoms with Gasteiger partial charge in [0.2, 0.25) is 0 Å². The second-order valence-electron chi connectivity index (χ2n) is 4.56. The van der Waals surface area contributed by atoms with Gasteiger partial charge in [-0.05, 0) is 43.8 Å². The molecule has 0 saturated heterocycles. The fourth-order valence-electron chi connectivity index (χ4n) is 1.89. The van der Waals surface area contributed by atoms with E-state index in [2.05, 4.69) is 18.3 Å². The molecule has 0 radical (unpaired) electrons. The van der Waals surface area contributed by atoms with Gasteiger partial charge in [-0.3, -0.25) is 0 Å². The Balaban J connectivity index is 2.06. The first-order chi connectivity index (χ1) is 9.83. The summed E-state index contributed by atoms with van der Waals surface area (Å²) in [4.78, 5) is 0. The normalized spacial score (nSPS) is 10.3. The maximum absolute atomic E-state index is 5.93. The first-order valence-electron chi connectivity index (χ1n) is 6.96. The molecule has 2 rings (SSSR count). The highest BCUT2D eigenvalue weighted by Crippen LogP contribution is 2.26. The molecule has 2 aromatic carbocycles. The average Bonchev–Trinajstić information content (AvgIpc) is 2.49. The summed E-state index contributed by atoms with van der Waals surface area (Å²) < 4.78 is 11.5. The van der Waals surface area contributed by atoms with Crippen molar-refractivity contribution >= 4 is 0 Å². The Morgan fingerprint density at radius 2 is 1.65 bits per heavy atom. The van der Waals surface area contributed by atoms with Crippen LogP contribution in [0.25, 0.3) is 0 Å². The lowest BCUT2D eigenvalue weighted by atomic mass is 10.2. The van der Waals surface area contributed by atoms with E-state index >= 15 is 0 Å². The average molecular weight is 271 g/mol. The molecule has 0 atom stereocenters. The van der Waals surface area contributed by atoms with Gasteiger partial charge in [0.25, 0.3) is 0 Å². The minimum Gasteiger partial charge on any atom is -0.494 e. The van der Waals surface area contributed by atoms with Crippen LogP contribution in [0.15, 0.2) is 48.5 Å². The van der Waals surface area contributed by atoms with Crippen molar-refractivity contribution in [3.8, 4) is 17.2 Å². The third-order valence-corrected chi connectivity index (χ3v) is 2.86. The monoisotopic (exact) mass is 271 g/mol. The van der Waals surface area contributed by atoms with Gasteiger partial charge < -0.3 is 14.8 Å². The van der Waals surface area contributed by atoms with Crippen molar-refractivity contribution < 1.29 is 9.47 Å². The van der Waals surface area contributed by atoms with Crippen LogP contribution in [0.1, 0.15) is 18.9 Å². The number of para-hydroxylation sites is 1. The number of hydrogen-bond donors (Lipinski definition) is 1. The molecular weight excluding hydrogens is 250 g/mol. The van der Waals surface area contributed by atoms with Crippen LogP contribution in [-0.4, -0.2) is 13.7 Å². The Hall–Kier alpha value is -2.00. The zero-order valence-corrected chi connectivity index (χ0v) is 12.1. The third kappa shape index (κ3) is 4.00. The van der Waals surface area contributed by atoms with Crippen molar-refractivity contribution in [1.29, 1.82) is 0 Å². The van der Waals surface area contributed by atoms with E-state index in [-0.39, 0.29) is 0 Å². The van der Waals surface area contributed by atoms with Crippen LogP contribution in [0.5, 0.6) is 17.2 Å². The van der Waals surface area contributed by atoms with Gasteiger partial charge in [-0.15, -0.1) is 0 Å². The molecule has 0 aromatic heterocycles. The summed E-state index contributed by atoms with van der Waals surface area (Å²) in [6.07, 6.45) is 1.01. The molecule has 0 fully saturated rings. The third-order valence-electron chi connectivity index (χ3n) is 2.86. The summed E-state index contributed by atoms with van der Waals surface area (Å²) in [6, 6.07) is 15.8. The molecule has 0 spiro atoms. The van der Waals surface area contributed by atoms with Crippen molar-refractivity contribution in [1.82, 2.24) is 5.32 Å². The smallest absolute Gasteiger partial charge is 0.131 e. The number of benzene rings is 2. The van der Waals surface area contributed by atoms with Crippen LogP contribution in [-0.2, 0) is 6.54 Å². The highest BCUT2D eigenvalue weighted by atomic mass is 16.5. The SMILES string of the molecule is CCCOc1ccc(Oc2ccccc2CNC)cc1. The fourth-order valence-corrected chi connectivity index (χ4v) is 1.89. The zero-order chi connectivity index (χ0) is 14.2. The minimum atomic E-state index is 0.741. The molecule has 0 heterocycles. The van der Waals surface area contributed by atoms with Gasteiger partial charge in [0.15, 0.2) is 0 Å². The van der Waals surface area contributed by atoms with Gasteiger partial charge in [0.05, 0.1) is 6.61 Å². The molecule has 3 nitrogen and oxygen atoms in total. The summed E-state index contributed by atoms with van der Waals surface area (Å²) >= 11 is 0. The highest BCUT2D eigenvalue weighted by Gasteiger charge is 2.03. The van der Waals surface area contributed by atoms with Crippen LogP contribution >= 0.6 is 0 Å². The Morgan fingerprint density at radius 3 is 2.35 bits per heavy atom. The van der Waals surface area contributed by atoms with Crippen molar-refractivity contribution in [2.45, 2.75) is 19.9 Å². The molecule has 0 aliphatic heterocycles. The highest BCUT2D eigenvalue weighted by molar-refractivity contribution is 5.39.